The minimum atomic E-state index is 0.170. The van der Waals surface area contributed by atoms with Gasteiger partial charge in [-0.1, -0.05) is 0 Å². The lowest BCUT2D eigenvalue weighted by Gasteiger charge is -2.33. The normalized spacial score (nSPS) is 36.3. The van der Waals surface area contributed by atoms with Crippen LogP contribution in [0.2, 0.25) is 0 Å². The van der Waals surface area contributed by atoms with E-state index in [2.05, 4.69) is 11.9 Å². The van der Waals surface area contributed by atoms with Crippen molar-refractivity contribution in [2.75, 3.05) is 26.7 Å². The van der Waals surface area contributed by atoms with Crippen LogP contribution in [-0.2, 0) is 0 Å². The predicted molar refractivity (Wildman–Crippen MR) is 40.7 cm³/mol. The third-order valence-corrected chi connectivity index (χ3v) is 2.24. The molecule has 60 valence electrons. The maximum atomic E-state index is 8.85. The smallest absolute Gasteiger partial charge is 0.0475 e. The SMILES string of the molecule is CN1CC[C@H](CO)[C@H](N)C1. The lowest BCUT2D eigenvalue weighted by atomic mass is 9.93. The van der Waals surface area contributed by atoms with Crippen LogP contribution in [0.25, 0.3) is 0 Å². The molecule has 10 heavy (non-hydrogen) atoms. The number of likely N-dealkylation sites (tertiary alicyclic amines) is 1. The Morgan fingerprint density at radius 2 is 2.40 bits per heavy atom. The molecule has 0 aromatic carbocycles. The predicted octanol–water partition coefficient (Wildman–Crippen LogP) is -0.742. The number of hydrogen-bond acceptors (Lipinski definition) is 3. The van der Waals surface area contributed by atoms with E-state index >= 15 is 0 Å². The molecule has 1 fully saturated rings. The number of rotatable bonds is 1. The Morgan fingerprint density at radius 3 is 2.90 bits per heavy atom. The minimum Gasteiger partial charge on any atom is -0.396 e. The Labute approximate surface area is 61.8 Å². The molecule has 1 aliphatic rings. The van der Waals surface area contributed by atoms with Gasteiger partial charge < -0.3 is 15.7 Å². The first kappa shape index (κ1) is 7.98. The average molecular weight is 144 g/mol. The molecule has 0 amide bonds. The zero-order chi connectivity index (χ0) is 7.56. The Hall–Kier alpha value is -0.120. The molecule has 0 unspecified atom stereocenters. The van der Waals surface area contributed by atoms with Crippen LogP contribution in [0.1, 0.15) is 6.42 Å². The van der Waals surface area contributed by atoms with Crippen molar-refractivity contribution in [2.45, 2.75) is 12.5 Å². The molecule has 1 aliphatic heterocycles. The molecule has 1 saturated heterocycles. The quantitative estimate of drug-likeness (QED) is 0.509. The zero-order valence-electron chi connectivity index (χ0n) is 6.45. The van der Waals surface area contributed by atoms with Crippen LogP contribution < -0.4 is 5.73 Å². The van der Waals surface area contributed by atoms with Crippen LogP contribution in [0, 0.1) is 5.92 Å². The van der Waals surface area contributed by atoms with Crippen molar-refractivity contribution in [3.63, 3.8) is 0 Å². The Bertz CT molecular complexity index is 108. The van der Waals surface area contributed by atoms with Gasteiger partial charge in [0, 0.05) is 19.2 Å². The summed E-state index contributed by atoms with van der Waals surface area (Å²) in [5.41, 5.74) is 5.78. The molecule has 1 rings (SSSR count). The summed E-state index contributed by atoms with van der Waals surface area (Å²) < 4.78 is 0. The van der Waals surface area contributed by atoms with Gasteiger partial charge in [-0.15, -0.1) is 0 Å². The van der Waals surface area contributed by atoms with E-state index in [9.17, 15) is 0 Å². The fraction of sp³-hybridized carbons (Fsp3) is 1.00. The third-order valence-electron chi connectivity index (χ3n) is 2.24. The van der Waals surface area contributed by atoms with Gasteiger partial charge >= 0.3 is 0 Å². The molecular weight excluding hydrogens is 128 g/mol. The molecule has 0 bridgehead atoms. The van der Waals surface area contributed by atoms with Crippen LogP contribution in [0.3, 0.4) is 0 Å². The molecule has 2 atom stereocenters. The Balaban J connectivity index is 2.36. The molecule has 0 radical (unpaired) electrons. The average Bonchev–Trinajstić information content (AvgIpc) is 1.88. The minimum absolute atomic E-state index is 0.170. The molecule has 1 heterocycles. The van der Waals surface area contributed by atoms with Gasteiger partial charge in [-0.2, -0.15) is 0 Å². The molecule has 3 N–H and O–H groups in total. The largest absolute Gasteiger partial charge is 0.396 e. The number of piperidine rings is 1. The number of aliphatic hydroxyl groups is 1. The van der Waals surface area contributed by atoms with Crippen molar-refractivity contribution in [2.24, 2.45) is 11.7 Å². The summed E-state index contributed by atoms with van der Waals surface area (Å²) in [7, 11) is 2.06. The second kappa shape index (κ2) is 3.32. The number of nitrogens with zero attached hydrogens (tertiary/aromatic N) is 1. The highest BCUT2D eigenvalue weighted by atomic mass is 16.3. The van der Waals surface area contributed by atoms with Crippen LogP contribution >= 0.6 is 0 Å². The van der Waals surface area contributed by atoms with Crippen LogP contribution in [0.4, 0.5) is 0 Å². The molecule has 3 nitrogen and oxygen atoms in total. The molecular formula is C7H16N2O. The Kier molecular flexibility index (Phi) is 2.65. The van der Waals surface area contributed by atoms with E-state index in [1.165, 1.54) is 0 Å². The lowest BCUT2D eigenvalue weighted by Crippen LogP contribution is -2.47. The van der Waals surface area contributed by atoms with Gasteiger partial charge in [0.2, 0.25) is 0 Å². The fourth-order valence-corrected chi connectivity index (χ4v) is 1.43. The summed E-state index contributed by atoms with van der Waals surface area (Å²) in [5, 5.41) is 8.85. The van der Waals surface area contributed by atoms with E-state index in [0.717, 1.165) is 19.5 Å². The van der Waals surface area contributed by atoms with E-state index in [1.807, 2.05) is 0 Å². The number of nitrogens with two attached hydrogens (primary N) is 1. The molecule has 0 aliphatic carbocycles. The van der Waals surface area contributed by atoms with Crippen LogP contribution in [0.5, 0.6) is 0 Å². The second-order valence-electron chi connectivity index (χ2n) is 3.16. The first-order valence-electron chi connectivity index (χ1n) is 3.79. The van der Waals surface area contributed by atoms with Crippen molar-refractivity contribution in [1.82, 2.24) is 4.90 Å². The summed E-state index contributed by atoms with van der Waals surface area (Å²) >= 11 is 0. The summed E-state index contributed by atoms with van der Waals surface area (Å²) in [6.07, 6.45) is 1.04. The van der Waals surface area contributed by atoms with Gasteiger partial charge in [-0.3, -0.25) is 0 Å². The van der Waals surface area contributed by atoms with E-state index in [4.69, 9.17) is 10.8 Å². The standard InChI is InChI=1S/C7H16N2O/c1-9-3-2-6(5-10)7(8)4-9/h6-7,10H,2-5,8H2,1H3/t6-,7-/m1/s1. The van der Waals surface area contributed by atoms with Gasteiger partial charge in [-0.05, 0) is 25.9 Å². The highest BCUT2D eigenvalue weighted by molar-refractivity contribution is 4.80. The third kappa shape index (κ3) is 1.68. The molecule has 0 aromatic heterocycles. The van der Waals surface area contributed by atoms with Crippen molar-refractivity contribution < 1.29 is 5.11 Å². The van der Waals surface area contributed by atoms with Gasteiger partial charge in [0.15, 0.2) is 0 Å². The van der Waals surface area contributed by atoms with E-state index in [0.29, 0.717) is 5.92 Å². The number of likely N-dealkylation sites (N-methyl/N-ethyl adjacent to an activating group) is 1. The Morgan fingerprint density at radius 1 is 1.70 bits per heavy atom. The fourth-order valence-electron chi connectivity index (χ4n) is 1.43. The maximum absolute atomic E-state index is 8.85. The lowest BCUT2D eigenvalue weighted by molar-refractivity contribution is 0.127. The summed E-state index contributed by atoms with van der Waals surface area (Å²) in [5.74, 6) is 0.330. The van der Waals surface area contributed by atoms with E-state index < -0.39 is 0 Å². The highest BCUT2D eigenvalue weighted by Gasteiger charge is 2.23. The van der Waals surface area contributed by atoms with Crippen molar-refractivity contribution in [3.8, 4) is 0 Å². The molecule has 0 aromatic rings. The first-order chi connectivity index (χ1) is 4.74. The molecule has 0 spiro atoms. The van der Waals surface area contributed by atoms with Gasteiger partial charge in [-0.25, -0.2) is 0 Å². The van der Waals surface area contributed by atoms with Crippen molar-refractivity contribution in [1.29, 1.82) is 0 Å². The summed E-state index contributed by atoms with van der Waals surface area (Å²) in [4.78, 5) is 2.21. The van der Waals surface area contributed by atoms with Crippen LogP contribution in [0.15, 0.2) is 0 Å². The number of aliphatic hydroxyl groups excluding tert-OH is 1. The van der Waals surface area contributed by atoms with E-state index in [-0.39, 0.29) is 12.6 Å². The monoisotopic (exact) mass is 144 g/mol. The second-order valence-corrected chi connectivity index (χ2v) is 3.16. The zero-order valence-corrected chi connectivity index (χ0v) is 6.45. The van der Waals surface area contributed by atoms with E-state index in [1.54, 1.807) is 0 Å². The first-order valence-corrected chi connectivity index (χ1v) is 3.79. The molecule has 0 saturated carbocycles. The van der Waals surface area contributed by atoms with Gasteiger partial charge in [0.25, 0.3) is 0 Å². The summed E-state index contributed by atoms with van der Waals surface area (Å²) in [6, 6.07) is 0.170. The van der Waals surface area contributed by atoms with Crippen LogP contribution in [-0.4, -0.2) is 42.8 Å². The van der Waals surface area contributed by atoms with Crippen molar-refractivity contribution >= 4 is 0 Å². The number of hydrogen-bond donors (Lipinski definition) is 2. The summed E-state index contributed by atoms with van der Waals surface area (Å²) in [6.45, 7) is 2.24. The highest BCUT2D eigenvalue weighted by Crippen LogP contribution is 2.13. The topological polar surface area (TPSA) is 49.5 Å². The maximum Gasteiger partial charge on any atom is 0.0475 e. The van der Waals surface area contributed by atoms with Crippen molar-refractivity contribution in [3.05, 3.63) is 0 Å². The van der Waals surface area contributed by atoms with Gasteiger partial charge in [0.05, 0.1) is 0 Å². The van der Waals surface area contributed by atoms with Gasteiger partial charge in [0.1, 0.15) is 0 Å². The molecule has 3 heteroatoms.